The Kier molecular flexibility index (Phi) is 4.76. The molecule has 2 aromatic rings. The largest absolute Gasteiger partial charge is 0.243 e. The highest BCUT2D eigenvalue weighted by molar-refractivity contribution is 7.89. The van der Waals surface area contributed by atoms with Gasteiger partial charge in [0.1, 0.15) is 0 Å². The van der Waals surface area contributed by atoms with Gasteiger partial charge >= 0.3 is 0 Å². The van der Waals surface area contributed by atoms with Crippen LogP contribution < -0.4 is 0 Å². The van der Waals surface area contributed by atoms with Gasteiger partial charge in [-0.2, -0.15) is 4.31 Å². The van der Waals surface area contributed by atoms with E-state index in [0.717, 1.165) is 24.8 Å². The van der Waals surface area contributed by atoms with Gasteiger partial charge in [-0.05, 0) is 54.7 Å². The summed E-state index contributed by atoms with van der Waals surface area (Å²) in [5.41, 5.74) is 2.33. The summed E-state index contributed by atoms with van der Waals surface area (Å²) in [7, 11) is -3.49. The molecule has 23 heavy (non-hydrogen) atoms. The molecule has 1 atom stereocenters. The Bertz CT molecular complexity index is 770. The van der Waals surface area contributed by atoms with Gasteiger partial charge in [-0.1, -0.05) is 42.8 Å². The van der Waals surface area contributed by atoms with Crippen molar-refractivity contribution in [3.63, 3.8) is 0 Å². The first-order valence-electron chi connectivity index (χ1n) is 7.88. The quantitative estimate of drug-likeness (QED) is 0.818. The number of hydrogen-bond donors (Lipinski definition) is 0. The molecule has 1 unspecified atom stereocenters. The van der Waals surface area contributed by atoms with Crippen molar-refractivity contribution in [2.75, 3.05) is 6.54 Å². The number of benzene rings is 2. The second-order valence-corrected chi connectivity index (χ2v) is 8.15. The molecule has 0 bridgehead atoms. The van der Waals surface area contributed by atoms with Crippen molar-refractivity contribution in [2.24, 2.45) is 0 Å². The van der Waals surface area contributed by atoms with E-state index < -0.39 is 10.0 Å². The smallest absolute Gasteiger partial charge is 0.207 e. The maximum atomic E-state index is 12.9. The molecule has 3 nitrogen and oxygen atoms in total. The molecule has 1 heterocycles. The van der Waals surface area contributed by atoms with Gasteiger partial charge in [-0.25, -0.2) is 8.42 Å². The minimum Gasteiger partial charge on any atom is -0.207 e. The molecule has 1 fully saturated rings. The SMILES string of the molecule is CCc1ccc(C2CCCN2S(=O)(=O)c2ccc(Cl)cc2)cc1. The van der Waals surface area contributed by atoms with Crippen molar-refractivity contribution in [1.82, 2.24) is 4.31 Å². The number of nitrogens with zero attached hydrogens (tertiary/aromatic N) is 1. The Morgan fingerprint density at radius 3 is 2.35 bits per heavy atom. The van der Waals surface area contributed by atoms with E-state index >= 15 is 0 Å². The lowest BCUT2D eigenvalue weighted by molar-refractivity contribution is 0.396. The Morgan fingerprint density at radius 2 is 1.74 bits per heavy atom. The van der Waals surface area contributed by atoms with E-state index in [4.69, 9.17) is 11.6 Å². The summed E-state index contributed by atoms with van der Waals surface area (Å²) in [6.45, 7) is 2.67. The average Bonchev–Trinajstić information content (AvgIpc) is 3.06. The number of rotatable bonds is 4. The van der Waals surface area contributed by atoms with E-state index in [1.807, 2.05) is 0 Å². The van der Waals surface area contributed by atoms with Crippen molar-refractivity contribution in [3.05, 3.63) is 64.7 Å². The maximum Gasteiger partial charge on any atom is 0.243 e. The summed E-state index contributed by atoms with van der Waals surface area (Å²) in [5.74, 6) is 0. The number of aryl methyl sites for hydroxylation is 1. The molecule has 0 amide bonds. The summed E-state index contributed by atoms with van der Waals surface area (Å²) >= 11 is 5.87. The first kappa shape index (κ1) is 16.5. The molecule has 0 aliphatic carbocycles. The molecule has 1 aliphatic heterocycles. The topological polar surface area (TPSA) is 37.4 Å². The van der Waals surface area contributed by atoms with E-state index in [-0.39, 0.29) is 6.04 Å². The standard InChI is InChI=1S/C18H20ClNO2S/c1-2-14-5-7-15(8-6-14)18-4-3-13-20(18)23(21,22)17-11-9-16(19)10-12-17/h5-12,18H,2-4,13H2,1H3. The zero-order valence-corrected chi connectivity index (χ0v) is 14.6. The van der Waals surface area contributed by atoms with Crippen LogP contribution >= 0.6 is 11.6 Å². The molecule has 5 heteroatoms. The van der Waals surface area contributed by atoms with Crippen LogP contribution in [0.1, 0.15) is 36.9 Å². The number of hydrogen-bond acceptors (Lipinski definition) is 2. The molecular weight excluding hydrogens is 330 g/mol. The van der Waals surface area contributed by atoms with Crippen molar-refractivity contribution in [3.8, 4) is 0 Å². The normalized spacial score (nSPS) is 19.1. The Labute approximate surface area is 142 Å². The highest BCUT2D eigenvalue weighted by atomic mass is 35.5. The van der Waals surface area contributed by atoms with Crippen LogP contribution in [0.15, 0.2) is 53.4 Å². The fourth-order valence-corrected chi connectivity index (χ4v) is 4.89. The molecule has 3 rings (SSSR count). The van der Waals surface area contributed by atoms with Crippen LogP contribution in [0.4, 0.5) is 0 Å². The highest BCUT2D eigenvalue weighted by Crippen LogP contribution is 2.36. The van der Waals surface area contributed by atoms with Crippen molar-refractivity contribution >= 4 is 21.6 Å². The van der Waals surface area contributed by atoms with Gasteiger partial charge in [0.15, 0.2) is 0 Å². The van der Waals surface area contributed by atoms with E-state index in [1.165, 1.54) is 5.56 Å². The number of halogens is 1. The summed E-state index contributed by atoms with van der Waals surface area (Å²) in [6, 6.07) is 14.6. The van der Waals surface area contributed by atoms with Crippen molar-refractivity contribution < 1.29 is 8.42 Å². The van der Waals surface area contributed by atoms with Crippen LogP contribution in [0, 0.1) is 0 Å². The van der Waals surface area contributed by atoms with Crippen LogP contribution in [0.25, 0.3) is 0 Å². The lowest BCUT2D eigenvalue weighted by Crippen LogP contribution is -2.30. The molecule has 122 valence electrons. The highest BCUT2D eigenvalue weighted by Gasteiger charge is 2.36. The maximum absolute atomic E-state index is 12.9. The molecule has 2 aromatic carbocycles. The van der Waals surface area contributed by atoms with Crippen LogP contribution in [-0.2, 0) is 16.4 Å². The van der Waals surface area contributed by atoms with Gasteiger partial charge in [0.25, 0.3) is 0 Å². The molecule has 0 spiro atoms. The third kappa shape index (κ3) is 3.30. The predicted molar refractivity (Wildman–Crippen MR) is 93.1 cm³/mol. The third-order valence-corrected chi connectivity index (χ3v) is 6.57. The second-order valence-electron chi connectivity index (χ2n) is 5.82. The van der Waals surface area contributed by atoms with Gasteiger partial charge in [0, 0.05) is 11.6 Å². The monoisotopic (exact) mass is 349 g/mol. The molecule has 1 aliphatic rings. The zero-order chi connectivity index (χ0) is 16.4. The molecule has 1 saturated heterocycles. The molecule has 0 radical (unpaired) electrons. The fraction of sp³-hybridized carbons (Fsp3) is 0.333. The van der Waals surface area contributed by atoms with E-state index in [2.05, 4.69) is 31.2 Å². The lowest BCUT2D eigenvalue weighted by Gasteiger charge is -2.24. The van der Waals surface area contributed by atoms with E-state index in [9.17, 15) is 8.42 Å². The van der Waals surface area contributed by atoms with Crippen molar-refractivity contribution in [1.29, 1.82) is 0 Å². The predicted octanol–water partition coefficient (Wildman–Crippen LogP) is 4.43. The summed E-state index contributed by atoms with van der Waals surface area (Å²) in [4.78, 5) is 0.305. The summed E-state index contributed by atoms with van der Waals surface area (Å²) in [6.07, 6.45) is 2.73. The Balaban J connectivity index is 1.92. The van der Waals surface area contributed by atoms with Gasteiger partial charge in [0.05, 0.1) is 10.9 Å². The minimum absolute atomic E-state index is 0.0819. The fourth-order valence-electron chi connectivity index (χ4n) is 3.08. The summed E-state index contributed by atoms with van der Waals surface area (Å²) < 4.78 is 27.5. The first-order chi connectivity index (χ1) is 11.0. The molecule has 0 N–H and O–H groups in total. The van der Waals surface area contributed by atoms with E-state index in [0.29, 0.717) is 16.5 Å². The van der Waals surface area contributed by atoms with Crippen LogP contribution in [-0.4, -0.2) is 19.3 Å². The van der Waals surface area contributed by atoms with Gasteiger partial charge in [0.2, 0.25) is 10.0 Å². The van der Waals surface area contributed by atoms with Crippen LogP contribution in [0.3, 0.4) is 0 Å². The zero-order valence-electron chi connectivity index (χ0n) is 13.1. The molecular formula is C18H20ClNO2S. The lowest BCUT2D eigenvalue weighted by atomic mass is 10.0. The third-order valence-electron chi connectivity index (χ3n) is 4.40. The minimum atomic E-state index is -3.49. The van der Waals surface area contributed by atoms with Gasteiger partial charge in [-0.15, -0.1) is 0 Å². The van der Waals surface area contributed by atoms with Gasteiger partial charge < -0.3 is 0 Å². The van der Waals surface area contributed by atoms with Crippen LogP contribution in [0.2, 0.25) is 5.02 Å². The molecule has 0 saturated carbocycles. The van der Waals surface area contributed by atoms with E-state index in [1.54, 1.807) is 28.6 Å². The Hall–Kier alpha value is -1.36. The van der Waals surface area contributed by atoms with Crippen LogP contribution in [0.5, 0.6) is 0 Å². The first-order valence-corrected chi connectivity index (χ1v) is 9.70. The Morgan fingerprint density at radius 1 is 1.09 bits per heavy atom. The summed E-state index contributed by atoms with van der Waals surface area (Å²) in [5, 5.41) is 0.539. The number of sulfonamides is 1. The second kappa shape index (κ2) is 6.63. The van der Waals surface area contributed by atoms with Gasteiger partial charge in [-0.3, -0.25) is 0 Å². The molecule has 0 aromatic heterocycles. The van der Waals surface area contributed by atoms with Crippen molar-refractivity contribution in [2.45, 2.75) is 37.1 Å². The average molecular weight is 350 g/mol.